The van der Waals surface area contributed by atoms with Crippen LogP contribution in [0.3, 0.4) is 0 Å². The Kier molecular flexibility index (Phi) is 6.71. The van der Waals surface area contributed by atoms with Gasteiger partial charge in [-0.1, -0.05) is 30.3 Å². The molecule has 5 nitrogen and oxygen atoms in total. The number of carbonyl (C=O) groups excluding carboxylic acids is 1. The Bertz CT molecular complexity index is 729. The molecule has 144 valence electrons. The van der Waals surface area contributed by atoms with Gasteiger partial charge in [-0.05, 0) is 56.1 Å². The molecule has 1 aliphatic rings. The topological polar surface area (TPSA) is 50.8 Å². The van der Waals surface area contributed by atoms with Gasteiger partial charge >= 0.3 is 0 Å². The van der Waals surface area contributed by atoms with Gasteiger partial charge in [-0.3, -0.25) is 4.79 Å². The third kappa shape index (κ3) is 5.47. The highest BCUT2D eigenvalue weighted by Gasteiger charge is 2.26. The number of nitrogens with zero attached hydrogens (tertiary/aromatic N) is 1. The molecule has 0 aromatic heterocycles. The van der Waals surface area contributed by atoms with Gasteiger partial charge in [0.1, 0.15) is 11.5 Å². The first-order valence-corrected chi connectivity index (χ1v) is 9.52. The number of hydrogen-bond donors (Lipinski definition) is 1. The molecule has 1 aliphatic heterocycles. The second-order valence-electron chi connectivity index (χ2n) is 6.94. The minimum absolute atomic E-state index is 0.00428. The summed E-state index contributed by atoms with van der Waals surface area (Å²) in [6, 6.07) is 17.7. The van der Waals surface area contributed by atoms with Crippen molar-refractivity contribution in [3.63, 3.8) is 0 Å². The first-order valence-electron chi connectivity index (χ1n) is 9.52. The number of para-hydroxylation sites is 1. The van der Waals surface area contributed by atoms with E-state index in [1.165, 1.54) is 0 Å². The second kappa shape index (κ2) is 9.42. The Morgan fingerprint density at radius 2 is 1.96 bits per heavy atom. The summed E-state index contributed by atoms with van der Waals surface area (Å²) in [5.74, 6) is 1.50. The van der Waals surface area contributed by atoms with E-state index in [1.54, 1.807) is 7.11 Å². The van der Waals surface area contributed by atoms with Crippen molar-refractivity contribution in [2.75, 3.05) is 20.2 Å². The molecule has 2 aromatic carbocycles. The zero-order valence-corrected chi connectivity index (χ0v) is 16.1. The SMILES string of the molecule is COc1cccc(CN(CC2CCCN2)C(=O)C(C)Oc2ccccc2)c1. The van der Waals surface area contributed by atoms with Gasteiger partial charge in [0.15, 0.2) is 6.10 Å². The molecule has 1 saturated heterocycles. The fourth-order valence-corrected chi connectivity index (χ4v) is 3.41. The number of amides is 1. The van der Waals surface area contributed by atoms with Crippen LogP contribution in [-0.4, -0.2) is 43.2 Å². The number of nitrogens with one attached hydrogen (secondary N) is 1. The lowest BCUT2D eigenvalue weighted by Gasteiger charge is -2.29. The molecule has 1 N–H and O–H groups in total. The second-order valence-corrected chi connectivity index (χ2v) is 6.94. The Labute approximate surface area is 161 Å². The van der Waals surface area contributed by atoms with Crippen molar-refractivity contribution < 1.29 is 14.3 Å². The first kappa shape index (κ1) is 19.2. The van der Waals surface area contributed by atoms with Crippen LogP contribution in [-0.2, 0) is 11.3 Å². The van der Waals surface area contributed by atoms with Crippen LogP contribution in [0, 0.1) is 0 Å². The van der Waals surface area contributed by atoms with Crippen molar-refractivity contribution in [2.45, 2.75) is 38.5 Å². The predicted octanol–water partition coefficient (Wildman–Crippen LogP) is 3.24. The molecule has 0 saturated carbocycles. The molecular weight excluding hydrogens is 340 g/mol. The summed E-state index contributed by atoms with van der Waals surface area (Å²) >= 11 is 0. The highest BCUT2D eigenvalue weighted by atomic mass is 16.5. The molecule has 3 rings (SSSR count). The molecule has 27 heavy (non-hydrogen) atoms. The van der Waals surface area contributed by atoms with Gasteiger partial charge in [-0.25, -0.2) is 0 Å². The Hall–Kier alpha value is -2.53. The van der Waals surface area contributed by atoms with E-state index < -0.39 is 6.10 Å². The minimum Gasteiger partial charge on any atom is -0.497 e. The summed E-state index contributed by atoms with van der Waals surface area (Å²) in [4.78, 5) is 15.0. The van der Waals surface area contributed by atoms with Crippen LogP contribution < -0.4 is 14.8 Å². The summed E-state index contributed by atoms with van der Waals surface area (Å²) in [5.41, 5.74) is 1.05. The number of benzene rings is 2. The standard InChI is InChI=1S/C22H28N2O3/c1-17(27-20-10-4-3-5-11-20)22(25)24(16-19-9-7-13-23-19)15-18-8-6-12-21(14-18)26-2/h3-6,8,10-12,14,17,19,23H,7,9,13,15-16H2,1-2H3. The average Bonchev–Trinajstić information content (AvgIpc) is 3.21. The third-order valence-corrected chi connectivity index (χ3v) is 4.83. The lowest BCUT2D eigenvalue weighted by Crippen LogP contribution is -2.45. The molecule has 1 heterocycles. The number of ether oxygens (including phenoxy) is 2. The highest BCUT2D eigenvalue weighted by Crippen LogP contribution is 2.18. The molecule has 2 aromatic rings. The van der Waals surface area contributed by atoms with Crippen LogP contribution >= 0.6 is 0 Å². The van der Waals surface area contributed by atoms with Gasteiger partial charge in [-0.15, -0.1) is 0 Å². The molecule has 0 aliphatic carbocycles. The van der Waals surface area contributed by atoms with E-state index in [4.69, 9.17) is 9.47 Å². The van der Waals surface area contributed by atoms with Gasteiger partial charge in [0.25, 0.3) is 5.91 Å². The minimum atomic E-state index is -0.542. The highest BCUT2D eigenvalue weighted by molar-refractivity contribution is 5.81. The van der Waals surface area contributed by atoms with Crippen molar-refractivity contribution >= 4 is 5.91 Å². The molecule has 0 radical (unpaired) electrons. The predicted molar refractivity (Wildman–Crippen MR) is 106 cm³/mol. The van der Waals surface area contributed by atoms with E-state index in [1.807, 2.05) is 66.4 Å². The monoisotopic (exact) mass is 368 g/mol. The Balaban J connectivity index is 1.72. The van der Waals surface area contributed by atoms with Crippen LogP contribution in [0.1, 0.15) is 25.3 Å². The van der Waals surface area contributed by atoms with Crippen LogP contribution in [0.5, 0.6) is 11.5 Å². The lowest BCUT2D eigenvalue weighted by molar-refractivity contribution is -0.139. The lowest BCUT2D eigenvalue weighted by atomic mass is 10.1. The molecule has 1 fully saturated rings. The van der Waals surface area contributed by atoms with Gasteiger partial charge in [-0.2, -0.15) is 0 Å². The van der Waals surface area contributed by atoms with Crippen molar-refractivity contribution in [1.82, 2.24) is 10.2 Å². The van der Waals surface area contributed by atoms with Crippen LogP contribution in [0.15, 0.2) is 54.6 Å². The normalized spacial score (nSPS) is 17.3. The van der Waals surface area contributed by atoms with Crippen molar-refractivity contribution in [1.29, 1.82) is 0 Å². The Morgan fingerprint density at radius 1 is 1.19 bits per heavy atom. The van der Waals surface area contributed by atoms with Gasteiger partial charge < -0.3 is 19.7 Å². The molecule has 2 unspecified atom stereocenters. The average molecular weight is 368 g/mol. The maximum absolute atomic E-state index is 13.1. The number of carbonyl (C=O) groups is 1. The van der Waals surface area contributed by atoms with Crippen LogP contribution in [0.25, 0.3) is 0 Å². The fraction of sp³-hybridized carbons (Fsp3) is 0.409. The van der Waals surface area contributed by atoms with E-state index in [9.17, 15) is 4.79 Å². The molecule has 1 amide bonds. The first-order chi connectivity index (χ1) is 13.2. The molecule has 0 bridgehead atoms. The van der Waals surface area contributed by atoms with Crippen LogP contribution in [0.4, 0.5) is 0 Å². The molecule has 0 spiro atoms. The third-order valence-electron chi connectivity index (χ3n) is 4.83. The van der Waals surface area contributed by atoms with Crippen molar-refractivity contribution in [2.24, 2.45) is 0 Å². The van der Waals surface area contributed by atoms with Crippen molar-refractivity contribution in [3.8, 4) is 11.5 Å². The number of rotatable bonds is 8. The van der Waals surface area contributed by atoms with E-state index in [0.29, 0.717) is 24.9 Å². The van der Waals surface area contributed by atoms with E-state index in [0.717, 1.165) is 30.7 Å². The summed E-state index contributed by atoms with van der Waals surface area (Å²) in [6.45, 7) is 4.05. The zero-order valence-electron chi connectivity index (χ0n) is 16.1. The van der Waals surface area contributed by atoms with E-state index in [2.05, 4.69) is 5.32 Å². The summed E-state index contributed by atoms with van der Waals surface area (Å²) in [7, 11) is 1.65. The van der Waals surface area contributed by atoms with Crippen molar-refractivity contribution in [3.05, 3.63) is 60.2 Å². The molecular formula is C22H28N2O3. The number of hydrogen-bond acceptors (Lipinski definition) is 4. The largest absolute Gasteiger partial charge is 0.497 e. The van der Waals surface area contributed by atoms with Gasteiger partial charge in [0, 0.05) is 19.1 Å². The van der Waals surface area contributed by atoms with E-state index in [-0.39, 0.29) is 5.91 Å². The summed E-state index contributed by atoms with van der Waals surface area (Å²) in [5, 5.41) is 3.48. The Morgan fingerprint density at radius 3 is 2.67 bits per heavy atom. The smallest absolute Gasteiger partial charge is 0.263 e. The fourth-order valence-electron chi connectivity index (χ4n) is 3.41. The zero-order chi connectivity index (χ0) is 19.1. The molecule has 2 atom stereocenters. The van der Waals surface area contributed by atoms with Gasteiger partial charge in [0.2, 0.25) is 0 Å². The van der Waals surface area contributed by atoms with E-state index >= 15 is 0 Å². The number of methoxy groups -OCH3 is 1. The molecule has 5 heteroatoms. The quantitative estimate of drug-likeness (QED) is 0.777. The maximum atomic E-state index is 13.1. The summed E-state index contributed by atoms with van der Waals surface area (Å²) < 4.78 is 11.2. The van der Waals surface area contributed by atoms with Gasteiger partial charge in [0.05, 0.1) is 7.11 Å². The van der Waals surface area contributed by atoms with Crippen LogP contribution in [0.2, 0.25) is 0 Å². The maximum Gasteiger partial charge on any atom is 0.263 e. The summed E-state index contributed by atoms with van der Waals surface area (Å²) in [6.07, 6.45) is 1.71.